The van der Waals surface area contributed by atoms with E-state index in [-0.39, 0.29) is 4.90 Å². The molecule has 0 fully saturated rings. The van der Waals surface area contributed by atoms with Crippen LogP contribution in [0.1, 0.15) is 6.92 Å². The van der Waals surface area contributed by atoms with Crippen LogP contribution in [0.2, 0.25) is 0 Å². The number of benzene rings is 2. The van der Waals surface area contributed by atoms with Crippen LogP contribution >= 0.6 is 0 Å². The summed E-state index contributed by atoms with van der Waals surface area (Å²) in [5, 5.41) is 6.05. The van der Waals surface area contributed by atoms with Crippen LogP contribution in [-0.4, -0.2) is 34.3 Å². The Morgan fingerprint density at radius 2 is 1.59 bits per heavy atom. The molecule has 144 valence electrons. The van der Waals surface area contributed by atoms with Crippen molar-refractivity contribution >= 4 is 20.9 Å². The molecule has 0 atom stereocenters. The number of rotatable bonds is 6. The molecule has 7 nitrogen and oxygen atoms in total. The molecular weight excluding hydrogens is 368 g/mol. The number of nitrogens with zero attached hydrogens (tertiary/aromatic N) is 1. The lowest BCUT2D eigenvalue weighted by atomic mass is 10.1. The number of fused-ring (bicyclic) bond motifs is 1. The Bertz CT molecular complexity index is 1080. The highest BCUT2D eigenvalue weighted by Gasteiger charge is 2.18. The first-order valence-electron chi connectivity index (χ1n) is 8.30. The molecular formula is C19H22N2O5S. The predicted octanol–water partition coefficient (Wildman–Crippen LogP) is 3.00. The summed E-state index contributed by atoms with van der Waals surface area (Å²) in [6, 6.07) is 10.5. The van der Waals surface area contributed by atoms with Gasteiger partial charge in [-0.05, 0) is 43.3 Å². The highest BCUT2D eigenvalue weighted by Crippen LogP contribution is 2.42. The summed E-state index contributed by atoms with van der Waals surface area (Å²) in [6.07, 6.45) is 0. The molecule has 1 aromatic heterocycles. The molecule has 0 saturated carbocycles. The van der Waals surface area contributed by atoms with Gasteiger partial charge in [-0.3, -0.25) is 0 Å². The number of methoxy groups -OCH3 is 3. The second-order valence-corrected chi connectivity index (χ2v) is 7.51. The van der Waals surface area contributed by atoms with Crippen LogP contribution in [0.5, 0.6) is 17.2 Å². The van der Waals surface area contributed by atoms with Crippen molar-refractivity contribution in [2.24, 2.45) is 5.14 Å². The Morgan fingerprint density at radius 1 is 0.963 bits per heavy atom. The van der Waals surface area contributed by atoms with Gasteiger partial charge in [-0.1, -0.05) is 0 Å². The number of primary sulfonamides is 1. The van der Waals surface area contributed by atoms with Gasteiger partial charge >= 0.3 is 0 Å². The first-order valence-corrected chi connectivity index (χ1v) is 9.85. The van der Waals surface area contributed by atoms with Crippen molar-refractivity contribution in [3.8, 4) is 28.5 Å². The van der Waals surface area contributed by atoms with Gasteiger partial charge in [0.15, 0.2) is 11.5 Å². The zero-order chi connectivity index (χ0) is 19.8. The van der Waals surface area contributed by atoms with E-state index in [0.717, 1.165) is 22.2 Å². The maximum absolute atomic E-state index is 11.7. The van der Waals surface area contributed by atoms with E-state index in [1.54, 1.807) is 33.5 Å². The van der Waals surface area contributed by atoms with Crippen molar-refractivity contribution in [3.05, 3.63) is 36.4 Å². The lowest BCUT2D eigenvalue weighted by molar-refractivity contribution is 0.324. The summed E-state index contributed by atoms with van der Waals surface area (Å²) >= 11 is 0. The van der Waals surface area contributed by atoms with Crippen LogP contribution in [-0.2, 0) is 16.6 Å². The minimum Gasteiger partial charge on any atom is -0.493 e. The summed E-state index contributed by atoms with van der Waals surface area (Å²) in [4.78, 5) is 0.0831. The summed E-state index contributed by atoms with van der Waals surface area (Å²) < 4.78 is 41.7. The Morgan fingerprint density at radius 3 is 2.07 bits per heavy atom. The molecule has 0 spiro atoms. The van der Waals surface area contributed by atoms with Crippen molar-refractivity contribution < 1.29 is 22.6 Å². The third-order valence-corrected chi connectivity index (χ3v) is 5.39. The fraction of sp³-hybridized carbons (Fsp3) is 0.263. The van der Waals surface area contributed by atoms with Gasteiger partial charge in [0.1, 0.15) is 0 Å². The first kappa shape index (κ1) is 19.1. The lowest BCUT2D eigenvalue weighted by Gasteiger charge is -2.15. The normalized spacial score (nSPS) is 11.6. The predicted molar refractivity (Wildman–Crippen MR) is 104 cm³/mol. The third-order valence-electron chi connectivity index (χ3n) is 4.48. The molecule has 0 aliphatic heterocycles. The summed E-state index contributed by atoms with van der Waals surface area (Å²) in [5.41, 5.74) is 2.67. The highest BCUT2D eigenvalue weighted by molar-refractivity contribution is 7.89. The number of sulfonamides is 1. The number of nitrogens with two attached hydrogens (primary N) is 1. The van der Waals surface area contributed by atoms with E-state index in [1.165, 1.54) is 6.07 Å². The van der Waals surface area contributed by atoms with Gasteiger partial charge in [0.2, 0.25) is 15.8 Å². The fourth-order valence-electron chi connectivity index (χ4n) is 3.23. The van der Waals surface area contributed by atoms with E-state index in [1.807, 2.05) is 25.1 Å². The number of aryl methyl sites for hydroxylation is 1. The average molecular weight is 390 g/mol. The number of aromatic nitrogens is 1. The molecule has 27 heavy (non-hydrogen) atoms. The Kier molecular flexibility index (Phi) is 5.03. The van der Waals surface area contributed by atoms with Gasteiger partial charge in [-0.15, -0.1) is 0 Å². The largest absolute Gasteiger partial charge is 0.493 e. The maximum Gasteiger partial charge on any atom is 0.238 e. The van der Waals surface area contributed by atoms with Gasteiger partial charge in [-0.25, -0.2) is 13.6 Å². The molecule has 3 rings (SSSR count). The molecule has 0 aliphatic carbocycles. The second kappa shape index (κ2) is 7.13. The van der Waals surface area contributed by atoms with Crippen LogP contribution in [0.4, 0.5) is 0 Å². The molecule has 2 N–H and O–H groups in total. The van der Waals surface area contributed by atoms with Gasteiger partial charge in [0, 0.05) is 28.7 Å². The molecule has 0 unspecified atom stereocenters. The molecule has 1 heterocycles. The Balaban J connectivity index is 2.28. The SMILES string of the molecule is CCn1c(-c2cc(OC)c(OC)c(OC)c2)cc2cc(S(N)(=O)=O)ccc21. The maximum atomic E-state index is 11.7. The third kappa shape index (κ3) is 3.33. The summed E-state index contributed by atoms with van der Waals surface area (Å²) in [5.74, 6) is 1.61. The molecule has 0 amide bonds. The summed E-state index contributed by atoms with van der Waals surface area (Å²) in [7, 11) is 0.917. The molecule has 0 radical (unpaired) electrons. The number of ether oxygens (including phenoxy) is 3. The Hall–Kier alpha value is -2.71. The first-order chi connectivity index (χ1) is 12.8. The van der Waals surface area contributed by atoms with Crippen LogP contribution in [0, 0.1) is 0 Å². The standard InChI is InChI=1S/C19H22N2O5S/c1-5-21-15-7-6-14(27(20,22)23)8-12(15)9-16(21)13-10-17(24-2)19(26-4)18(11-13)25-3/h6-11H,5H2,1-4H3,(H2,20,22,23). The topological polar surface area (TPSA) is 92.8 Å². The zero-order valence-corrected chi connectivity index (χ0v) is 16.5. The van der Waals surface area contributed by atoms with Crippen molar-refractivity contribution in [2.45, 2.75) is 18.4 Å². The number of hydrogen-bond acceptors (Lipinski definition) is 5. The smallest absolute Gasteiger partial charge is 0.238 e. The van der Waals surface area contributed by atoms with Crippen LogP contribution in [0.15, 0.2) is 41.3 Å². The molecule has 8 heteroatoms. The average Bonchev–Trinajstić information content (AvgIpc) is 3.03. The molecule has 0 saturated heterocycles. The highest BCUT2D eigenvalue weighted by atomic mass is 32.2. The van der Waals surface area contributed by atoms with Crippen molar-refractivity contribution in [1.29, 1.82) is 0 Å². The van der Waals surface area contributed by atoms with E-state index < -0.39 is 10.0 Å². The molecule has 0 bridgehead atoms. The fourth-order valence-corrected chi connectivity index (χ4v) is 3.78. The molecule has 0 aliphatic rings. The second-order valence-electron chi connectivity index (χ2n) is 5.95. The van der Waals surface area contributed by atoms with Gasteiger partial charge < -0.3 is 18.8 Å². The van der Waals surface area contributed by atoms with E-state index >= 15 is 0 Å². The van der Waals surface area contributed by atoms with Gasteiger partial charge in [-0.2, -0.15) is 0 Å². The van der Waals surface area contributed by atoms with E-state index in [9.17, 15) is 8.42 Å². The number of hydrogen-bond donors (Lipinski definition) is 1. The van der Waals surface area contributed by atoms with Crippen molar-refractivity contribution in [2.75, 3.05) is 21.3 Å². The van der Waals surface area contributed by atoms with E-state index in [4.69, 9.17) is 19.3 Å². The molecule has 2 aromatic carbocycles. The van der Waals surface area contributed by atoms with Crippen molar-refractivity contribution in [3.63, 3.8) is 0 Å². The van der Waals surface area contributed by atoms with Crippen LogP contribution in [0.25, 0.3) is 22.2 Å². The Labute approximate surface area is 158 Å². The van der Waals surface area contributed by atoms with E-state index in [2.05, 4.69) is 4.57 Å². The zero-order valence-electron chi connectivity index (χ0n) is 15.6. The van der Waals surface area contributed by atoms with Crippen LogP contribution < -0.4 is 19.3 Å². The monoisotopic (exact) mass is 390 g/mol. The summed E-state index contributed by atoms with van der Waals surface area (Å²) in [6.45, 7) is 2.72. The van der Waals surface area contributed by atoms with Gasteiger partial charge in [0.05, 0.1) is 26.2 Å². The van der Waals surface area contributed by atoms with Gasteiger partial charge in [0.25, 0.3) is 0 Å². The molecule has 3 aromatic rings. The lowest BCUT2D eigenvalue weighted by Crippen LogP contribution is -2.11. The van der Waals surface area contributed by atoms with Crippen molar-refractivity contribution in [1.82, 2.24) is 4.57 Å². The minimum absolute atomic E-state index is 0.0831. The minimum atomic E-state index is -3.77. The van der Waals surface area contributed by atoms with Crippen LogP contribution in [0.3, 0.4) is 0 Å². The quantitative estimate of drug-likeness (QED) is 0.698. The van der Waals surface area contributed by atoms with E-state index in [0.29, 0.717) is 23.8 Å².